The number of carboxylic acid groups (broad SMARTS) is 1. The van der Waals surface area contributed by atoms with Gasteiger partial charge in [-0.3, -0.25) is 4.79 Å². The molecule has 0 saturated carbocycles. The number of ether oxygens (including phenoxy) is 1. The van der Waals surface area contributed by atoms with Crippen LogP contribution >= 0.6 is 0 Å². The minimum atomic E-state index is -0.754. The first kappa shape index (κ1) is 13.1. The summed E-state index contributed by atoms with van der Waals surface area (Å²) in [5, 5.41) is 9.11. The normalized spacial score (nSPS) is 20.0. The quantitative estimate of drug-likeness (QED) is 0.891. The molecule has 1 aliphatic rings. The molecule has 0 radical (unpaired) electrons. The van der Waals surface area contributed by atoms with Gasteiger partial charge in [0.15, 0.2) is 0 Å². The Labute approximate surface area is 108 Å². The first-order chi connectivity index (χ1) is 8.49. The van der Waals surface area contributed by atoms with Gasteiger partial charge in [0.1, 0.15) is 0 Å². The van der Waals surface area contributed by atoms with Gasteiger partial charge < -0.3 is 9.84 Å². The molecule has 0 bridgehead atoms. The van der Waals surface area contributed by atoms with Gasteiger partial charge in [-0.15, -0.1) is 0 Å². The molecule has 2 rings (SSSR count). The van der Waals surface area contributed by atoms with Crippen LogP contribution in [0.4, 0.5) is 0 Å². The van der Waals surface area contributed by atoms with Crippen molar-refractivity contribution in [1.29, 1.82) is 0 Å². The van der Waals surface area contributed by atoms with Gasteiger partial charge in [-0.05, 0) is 37.8 Å². The van der Waals surface area contributed by atoms with Crippen LogP contribution in [0.3, 0.4) is 0 Å². The Morgan fingerprint density at radius 3 is 2.56 bits per heavy atom. The number of hydrogen-bond donors (Lipinski definition) is 1. The minimum Gasteiger partial charge on any atom is -0.481 e. The van der Waals surface area contributed by atoms with Crippen LogP contribution in [0.2, 0.25) is 0 Å². The van der Waals surface area contributed by atoms with Gasteiger partial charge >= 0.3 is 5.97 Å². The summed E-state index contributed by atoms with van der Waals surface area (Å²) in [6.45, 7) is 5.17. The fourth-order valence-corrected chi connectivity index (χ4v) is 2.29. The molecule has 1 atom stereocenters. The van der Waals surface area contributed by atoms with Crippen LogP contribution in [-0.2, 0) is 16.0 Å². The van der Waals surface area contributed by atoms with Crippen molar-refractivity contribution in [1.82, 2.24) is 0 Å². The lowest BCUT2D eigenvalue weighted by Gasteiger charge is -2.19. The highest BCUT2D eigenvalue weighted by molar-refractivity contribution is 5.74. The Hall–Kier alpha value is -1.35. The molecule has 18 heavy (non-hydrogen) atoms. The third kappa shape index (κ3) is 2.91. The van der Waals surface area contributed by atoms with E-state index in [1.807, 2.05) is 12.1 Å². The molecular weight excluding hydrogens is 228 g/mol. The lowest BCUT2D eigenvalue weighted by atomic mass is 9.85. The Morgan fingerprint density at radius 1 is 1.39 bits per heavy atom. The van der Waals surface area contributed by atoms with Gasteiger partial charge in [0.25, 0.3) is 0 Å². The van der Waals surface area contributed by atoms with Crippen molar-refractivity contribution in [3.63, 3.8) is 0 Å². The minimum absolute atomic E-state index is 0.506. The number of carbonyl (C=O) groups is 1. The summed E-state index contributed by atoms with van der Waals surface area (Å²) in [4.78, 5) is 11.1. The third-order valence-electron chi connectivity index (χ3n) is 3.61. The predicted octanol–water partition coefficient (Wildman–Crippen LogP) is 2.84. The zero-order valence-electron chi connectivity index (χ0n) is 11.0. The van der Waals surface area contributed by atoms with E-state index in [0.29, 0.717) is 12.3 Å². The number of hydrogen-bond acceptors (Lipinski definition) is 2. The fourth-order valence-electron chi connectivity index (χ4n) is 2.29. The summed E-state index contributed by atoms with van der Waals surface area (Å²) >= 11 is 0. The van der Waals surface area contributed by atoms with E-state index in [4.69, 9.17) is 9.84 Å². The van der Waals surface area contributed by atoms with Crippen molar-refractivity contribution in [3.8, 4) is 0 Å². The van der Waals surface area contributed by atoms with Crippen molar-refractivity contribution in [2.24, 2.45) is 5.41 Å². The first-order valence-corrected chi connectivity index (χ1v) is 6.39. The van der Waals surface area contributed by atoms with E-state index in [1.165, 1.54) is 5.56 Å². The largest absolute Gasteiger partial charge is 0.481 e. The lowest BCUT2D eigenvalue weighted by molar-refractivity contribution is -0.146. The zero-order chi connectivity index (χ0) is 13.2. The Morgan fingerprint density at radius 2 is 2.06 bits per heavy atom. The van der Waals surface area contributed by atoms with Crippen LogP contribution in [0.15, 0.2) is 24.3 Å². The maximum absolute atomic E-state index is 11.1. The van der Waals surface area contributed by atoms with Gasteiger partial charge in [0.05, 0.1) is 12.0 Å². The van der Waals surface area contributed by atoms with Gasteiger partial charge in [-0.1, -0.05) is 24.3 Å². The number of rotatable bonds is 4. The topological polar surface area (TPSA) is 46.5 Å². The average Bonchev–Trinajstić information content (AvgIpc) is 2.83. The van der Waals surface area contributed by atoms with Crippen molar-refractivity contribution < 1.29 is 14.6 Å². The van der Waals surface area contributed by atoms with E-state index in [0.717, 1.165) is 25.2 Å². The van der Waals surface area contributed by atoms with Crippen molar-refractivity contribution >= 4 is 5.97 Å². The van der Waals surface area contributed by atoms with Crippen molar-refractivity contribution in [2.45, 2.75) is 32.6 Å². The van der Waals surface area contributed by atoms with Crippen LogP contribution in [0.25, 0.3) is 0 Å². The third-order valence-corrected chi connectivity index (χ3v) is 3.61. The second kappa shape index (κ2) is 5.11. The van der Waals surface area contributed by atoms with Crippen LogP contribution in [0.1, 0.15) is 37.3 Å². The molecule has 0 aliphatic carbocycles. The summed E-state index contributed by atoms with van der Waals surface area (Å²) in [7, 11) is 0. The van der Waals surface area contributed by atoms with E-state index in [9.17, 15) is 4.79 Å². The van der Waals surface area contributed by atoms with Crippen molar-refractivity contribution in [3.05, 3.63) is 35.4 Å². The van der Waals surface area contributed by atoms with Gasteiger partial charge in [0.2, 0.25) is 0 Å². The molecule has 0 aromatic heterocycles. The molecule has 1 heterocycles. The summed E-state index contributed by atoms with van der Waals surface area (Å²) < 4.78 is 5.38. The smallest absolute Gasteiger partial charge is 0.309 e. The number of carboxylic acids is 1. The van der Waals surface area contributed by atoms with Crippen LogP contribution in [-0.4, -0.2) is 24.3 Å². The summed E-state index contributed by atoms with van der Waals surface area (Å²) in [5.41, 5.74) is 1.66. The maximum Gasteiger partial charge on any atom is 0.309 e. The highest BCUT2D eigenvalue weighted by Gasteiger charge is 2.27. The molecule has 3 nitrogen and oxygen atoms in total. The molecule has 98 valence electrons. The monoisotopic (exact) mass is 248 g/mol. The SMILES string of the molecule is CC(C)(Cc1ccc(C2CCOC2)cc1)C(=O)O. The zero-order valence-corrected chi connectivity index (χ0v) is 11.0. The second-order valence-electron chi connectivity index (χ2n) is 5.67. The molecule has 1 fully saturated rings. The Balaban J connectivity index is 2.05. The Bertz CT molecular complexity index is 414. The summed E-state index contributed by atoms with van der Waals surface area (Å²) in [5.74, 6) is -0.248. The van der Waals surface area contributed by atoms with Gasteiger partial charge in [-0.2, -0.15) is 0 Å². The van der Waals surface area contributed by atoms with Crippen LogP contribution < -0.4 is 0 Å². The molecule has 1 saturated heterocycles. The number of aliphatic carboxylic acids is 1. The van der Waals surface area contributed by atoms with Crippen molar-refractivity contribution in [2.75, 3.05) is 13.2 Å². The van der Waals surface area contributed by atoms with E-state index in [-0.39, 0.29) is 0 Å². The highest BCUT2D eigenvalue weighted by atomic mass is 16.5. The highest BCUT2D eigenvalue weighted by Crippen LogP contribution is 2.27. The molecule has 1 aromatic rings. The second-order valence-corrected chi connectivity index (χ2v) is 5.67. The molecule has 0 amide bonds. The van der Waals surface area contributed by atoms with Gasteiger partial charge in [0, 0.05) is 12.5 Å². The predicted molar refractivity (Wildman–Crippen MR) is 69.7 cm³/mol. The summed E-state index contributed by atoms with van der Waals surface area (Å²) in [6.07, 6.45) is 1.64. The molecule has 1 aromatic carbocycles. The maximum atomic E-state index is 11.1. The fraction of sp³-hybridized carbons (Fsp3) is 0.533. The molecule has 1 unspecified atom stereocenters. The van der Waals surface area contributed by atoms with Crippen LogP contribution in [0, 0.1) is 5.41 Å². The van der Waals surface area contributed by atoms with E-state index in [1.54, 1.807) is 13.8 Å². The number of benzene rings is 1. The van der Waals surface area contributed by atoms with E-state index < -0.39 is 11.4 Å². The Kier molecular flexibility index (Phi) is 3.71. The van der Waals surface area contributed by atoms with Crippen LogP contribution in [0.5, 0.6) is 0 Å². The molecule has 3 heteroatoms. The molecule has 0 spiro atoms. The first-order valence-electron chi connectivity index (χ1n) is 6.39. The van der Waals surface area contributed by atoms with Gasteiger partial charge in [-0.25, -0.2) is 0 Å². The molecule has 1 aliphatic heterocycles. The average molecular weight is 248 g/mol. The molecule has 1 N–H and O–H groups in total. The summed E-state index contributed by atoms with van der Waals surface area (Å²) in [6, 6.07) is 8.29. The standard InChI is InChI=1S/C15H20O3/c1-15(2,14(16)17)9-11-3-5-12(6-4-11)13-7-8-18-10-13/h3-6,13H,7-10H2,1-2H3,(H,16,17). The lowest BCUT2D eigenvalue weighted by Crippen LogP contribution is -2.26. The van der Waals surface area contributed by atoms with E-state index >= 15 is 0 Å². The molecular formula is C15H20O3. The van der Waals surface area contributed by atoms with E-state index in [2.05, 4.69) is 12.1 Å².